The molecule has 1 aromatic carbocycles. The van der Waals surface area contributed by atoms with Crippen molar-refractivity contribution in [2.45, 2.75) is 38.6 Å². The van der Waals surface area contributed by atoms with Gasteiger partial charge in [0.1, 0.15) is 17.7 Å². The second kappa shape index (κ2) is 8.50. The number of fused-ring (bicyclic) bond motifs is 2. The minimum Gasteiger partial charge on any atom is -0.476 e. The van der Waals surface area contributed by atoms with E-state index in [-0.39, 0.29) is 40.5 Å². The highest BCUT2D eigenvalue weighted by Crippen LogP contribution is 2.53. The lowest BCUT2D eigenvalue weighted by molar-refractivity contribution is -0.148. The number of halogens is 2. The molecule has 2 aromatic rings. The average molecular weight is 451 g/mol. The molecule has 170 valence electrons. The number of nitriles is 1. The van der Waals surface area contributed by atoms with Crippen LogP contribution in [0, 0.1) is 53.6 Å². The van der Waals surface area contributed by atoms with Crippen molar-refractivity contribution >= 4 is 12.1 Å². The van der Waals surface area contributed by atoms with Crippen molar-refractivity contribution < 1.29 is 18.3 Å². The normalized spacial score (nSPS) is 27.7. The fraction of sp³-hybridized carbons (Fsp3) is 0.458. The fourth-order valence-electron chi connectivity index (χ4n) is 5.25. The Morgan fingerprint density at radius 2 is 2.00 bits per heavy atom. The number of carbonyl (C=O) groups excluding carboxylic acids is 1. The summed E-state index contributed by atoms with van der Waals surface area (Å²) < 4.78 is 34.5. The van der Waals surface area contributed by atoms with Gasteiger partial charge in [0.15, 0.2) is 5.69 Å². The molecule has 0 spiro atoms. The molecule has 2 bridgehead atoms. The lowest BCUT2D eigenvalue weighted by atomic mass is 9.55. The zero-order valence-electron chi connectivity index (χ0n) is 18.1. The molecule has 3 aliphatic carbocycles. The number of rotatable bonds is 5. The number of benzene rings is 1. The summed E-state index contributed by atoms with van der Waals surface area (Å²) >= 11 is 0. The number of aromatic nitrogens is 2. The van der Waals surface area contributed by atoms with Crippen LogP contribution in [0.3, 0.4) is 0 Å². The van der Waals surface area contributed by atoms with E-state index in [0.717, 1.165) is 12.8 Å². The molecular weight excluding hydrogens is 428 g/mol. The van der Waals surface area contributed by atoms with E-state index >= 15 is 0 Å². The number of amides is 1. The fourth-order valence-corrected chi connectivity index (χ4v) is 5.25. The number of hydrogen-bond donors (Lipinski definition) is 0. The number of hydrazone groups is 1. The number of nitrogens with zero attached hydrogens (tertiary/aromatic N) is 5. The standard InChI is InChI=1S/C24H23F2N5O2/c1-13-4-21(26)19(8-20(13)25)22-2-3-30-31(22)24(32)18-7-16(14-5-15(18)6-14)12-33-23-11-28-17(9-27)10-29-23/h3-4,8,10-11,14-16,18,22H,2,5-7,12H2,1H3/t14?,15?,16?,18-,22+/m0/s1. The number of ether oxygens (including phenoxy) is 1. The molecule has 33 heavy (non-hydrogen) atoms. The van der Waals surface area contributed by atoms with Crippen molar-refractivity contribution in [3.8, 4) is 11.9 Å². The highest BCUT2D eigenvalue weighted by molar-refractivity contribution is 5.82. The van der Waals surface area contributed by atoms with Gasteiger partial charge in [0.25, 0.3) is 0 Å². The molecule has 1 amide bonds. The molecule has 0 N–H and O–H groups in total. The van der Waals surface area contributed by atoms with Crippen LogP contribution in [0.2, 0.25) is 0 Å². The SMILES string of the molecule is Cc1cc(F)c([C@H]2CC=NN2C(=O)[C@H]2CC(COc3cnc(C#N)cn3)C3CC2C3)cc1F. The summed E-state index contributed by atoms with van der Waals surface area (Å²) in [6.45, 7) is 1.92. The molecule has 3 fully saturated rings. The molecule has 7 nitrogen and oxygen atoms in total. The summed E-state index contributed by atoms with van der Waals surface area (Å²) in [5.74, 6) is -0.0827. The van der Waals surface area contributed by atoms with Crippen LogP contribution < -0.4 is 4.74 Å². The van der Waals surface area contributed by atoms with Gasteiger partial charge in [-0.25, -0.2) is 23.8 Å². The van der Waals surface area contributed by atoms with E-state index in [4.69, 9.17) is 10.00 Å². The Hall–Kier alpha value is -3.41. The van der Waals surface area contributed by atoms with Crippen molar-refractivity contribution in [2.75, 3.05) is 6.61 Å². The second-order valence-corrected chi connectivity index (χ2v) is 9.11. The van der Waals surface area contributed by atoms with Crippen LogP contribution in [0.1, 0.15) is 48.5 Å². The molecule has 1 aliphatic heterocycles. The summed E-state index contributed by atoms with van der Waals surface area (Å²) in [5.41, 5.74) is 0.610. The molecule has 3 saturated carbocycles. The van der Waals surface area contributed by atoms with Gasteiger partial charge >= 0.3 is 0 Å². The smallest absolute Gasteiger partial charge is 0.246 e. The Morgan fingerprint density at radius 1 is 1.18 bits per heavy atom. The zero-order chi connectivity index (χ0) is 23.1. The van der Waals surface area contributed by atoms with Crippen molar-refractivity contribution in [2.24, 2.45) is 28.8 Å². The van der Waals surface area contributed by atoms with Crippen LogP contribution in [0.4, 0.5) is 8.78 Å². The monoisotopic (exact) mass is 451 g/mol. The predicted molar refractivity (Wildman–Crippen MR) is 114 cm³/mol. The second-order valence-electron chi connectivity index (χ2n) is 9.11. The Labute approximate surface area is 190 Å². The summed E-state index contributed by atoms with van der Waals surface area (Å²) in [5, 5.41) is 14.4. The third-order valence-corrected chi connectivity index (χ3v) is 7.20. The predicted octanol–water partition coefficient (Wildman–Crippen LogP) is 3.94. The first-order chi connectivity index (χ1) is 15.9. The van der Waals surface area contributed by atoms with Gasteiger partial charge in [-0.05, 0) is 61.6 Å². The van der Waals surface area contributed by atoms with Crippen molar-refractivity contribution in [3.05, 3.63) is 53.0 Å². The van der Waals surface area contributed by atoms with E-state index in [9.17, 15) is 13.6 Å². The third-order valence-electron chi connectivity index (χ3n) is 7.20. The minimum atomic E-state index is -0.631. The molecule has 6 rings (SSSR count). The van der Waals surface area contributed by atoms with E-state index in [1.165, 1.54) is 36.5 Å². The van der Waals surface area contributed by atoms with Crippen LogP contribution in [-0.4, -0.2) is 33.7 Å². The maximum absolute atomic E-state index is 14.6. The lowest BCUT2D eigenvalue weighted by Crippen LogP contribution is -2.50. The summed E-state index contributed by atoms with van der Waals surface area (Å²) in [6, 6.07) is 3.63. The van der Waals surface area contributed by atoms with Crippen LogP contribution in [0.5, 0.6) is 5.88 Å². The largest absolute Gasteiger partial charge is 0.476 e. The van der Waals surface area contributed by atoms with Crippen molar-refractivity contribution in [1.29, 1.82) is 5.26 Å². The quantitative estimate of drug-likeness (QED) is 0.687. The van der Waals surface area contributed by atoms with E-state index < -0.39 is 17.7 Å². The van der Waals surface area contributed by atoms with Crippen LogP contribution in [0.25, 0.3) is 0 Å². The molecule has 0 radical (unpaired) electrons. The van der Waals surface area contributed by atoms with Gasteiger partial charge in [0, 0.05) is 24.1 Å². The lowest BCUT2D eigenvalue weighted by Gasteiger charge is -2.51. The number of hydrogen-bond acceptors (Lipinski definition) is 6. The van der Waals surface area contributed by atoms with Gasteiger partial charge in [0.05, 0.1) is 25.0 Å². The molecule has 3 atom stereocenters. The molecule has 0 saturated heterocycles. The molecule has 9 heteroatoms. The topological polar surface area (TPSA) is 91.5 Å². The van der Waals surface area contributed by atoms with Crippen molar-refractivity contribution in [1.82, 2.24) is 15.0 Å². The summed E-state index contributed by atoms with van der Waals surface area (Å²) in [4.78, 5) is 21.5. The van der Waals surface area contributed by atoms with Gasteiger partial charge in [0.2, 0.25) is 11.8 Å². The minimum absolute atomic E-state index is 0.138. The highest BCUT2D eigenvalue weighted by atomic mass is 19.1. The number of carbonyl (C=O) groups is 1. The molecule has 1 aromatic heterocycles. The molecule has 2 heterocycles. The highest BCUT2D eigenvalue weighted by Gasteiger charge is 2.50. The van der Waals surface area contributed by atoms with Crippen molar-refractivity contribution in [3.63, 3.8) is 0 Å². The zero-order valence-corrected chi connectivity index (χ0v) is 18.1. The van der Waals surface area contributed by atoms with E-state index in [1.807, 2.05) is 6.07 Å². The number of aryl methyl sites for hydroxylation is 1. The van der Waals surface area contributed by atoms with Crippen LogP contribution >= 0.6 is 0 Å². The van der Waals surface area contributed by atoms with Gasteiger partial charge < -0.3 is 4.74 Å². The maximum Gasteiger partial charge on any atom is 0.246 e. The first-order valence-electron chi connectivity index (χ1n) is 11.1. The van der Waals surface area contributed by atoms with E-state index in [2.05, 4.69) is 15.1 Å². The Kier molecular flexibility index (Phi) is 5.52. The third kappa shape index (κ3) is 3.94. The van der Waals surface area contributed by atoms with Gasteiger partial charge in [-0.2, -0.15) is 10.4 Å². The van der Waals surface area contributed by atoms with E-state index in [1.54, 1.807) is 6.21 Å². The molecular formula is C24H23F2N5O2. The van der Waals surface area contributed by atoms with Crippen LogP contribution in [0.15, 0.2) is 29.6 Å². The van der Waals surface area contributed by atoms with Gasteiger partial charge in [-0.3, -0.25) is 4.79 Å². The summed E-state index contributed by atoms with van der Waals surface area (Å²) in [6.07, 6.45) is 7.28. The van der Waals surface area contributed by atoms with E-state index in [0.29, 0.717) is 31.2 Å². The Morgan fingerprint density at radius 3 is 2.73 bits per heavy atom. The molecule has 1 unspecified atom stereocenters. The average Bonchev–Trinajstić information content (AvgIpc) is 3.28. The Bertz CT molecular complexity index is 1140. The first-order valence-corrected chi connectivity index (χ1v) is 11.1. The van der Waals surface area contributed by atoms with Gasteiger partial charge in [-0.15, -0.1) is 0 Å². The molecule has 4 aliphatic rings. The first kappa shape index (κ1) is 21.4. The summed E-state index contributed by atoms with van der Waals surface area (Å²) in [7, 11) is 0. The van der Waals surface area contributed by atoms with Gasteiger partial charge in [-0.1, -0.05) is 0 Å². The maximum atomic E-state index is 14.6. The Balaban J connectivity index is 1.27. The van der Waals surface area contributed by atoms with Crippen LogP contribution in [-0.2, 0) is 4.79 Å².